The van der Waals surface area contributed by atoms with Crippen LogP contribution in [0.2, 0.25) is 0 Å². The van der Waals surface area contributed by atoms with Gasteiger partial charge in [-0.2, -0.15) is 18.3 Å². The van der Waals surface area contributed by atoms with E-state index in [-0.39, 0.29) is 6.10 Å². The van der Waals surface area contributed by atoms with Crippen molar-refractivity contribution in [1.29, 1.82) is 0 Å². The van der Waals surface area contributed by atoms with Gasteiger partial charge in [-0.25, -0.2) is 4.79 Å². The van der Waals surface area contributed by atoms with E-state index in [1.807, 2.05) is 11.7 Å². The molecule has 2 aromatic heterocycles. The molecule has 0 aromatic carbocycles. The number of carbonyl (C=O) groups is 1. The average Bonchev–Trinajstić information content (AvgIpc) is 3.15. The van der Waals surface area contributed by atoms with Crippen LogP contribution in [0.3, 0.4) is 0 Å². The van der Waals surface area contributed by atoms with Crippen molar-refractivity contribution in [1.82, 2.24) is 15.1 Å². The maximum atomic E-state index is 10.6. The van der Waals surface area contributed by atoms with Crippen LogP contribution in [0.15, 0.2) is 23.7 Å². The van der Waals surface area contributed by atoms with Gasteiger partial charge in [0, 0.05) is 31.2 Å². The summed E-state index contributed by atoms with van der Waals surface area (Å²) in [6.45, 7) is 2.52. The third-order valence-corrected chi connectivity index (χ3v) is 4.26. The van der Waals surface area contributed by atoms with Crippen LogP contribution in [0, 0.1) is 0 Å². The molecule has 10 heteroatoms. The minimum Gasteiger partial charge on any atom is -0.475 e. The predicted octanol–water partition coefficient (Wildman–Crippen LogP) is 2.52. The lowest BCUT2D eigenvalue weighted by molar-refractivity contribution is -0.192. The van der Waals surface area contributed by atoms with Crippen LogP contribution in [-0.2, 0) is 29.5 Å². The third-order valence-electron chi connectivity index (χ3n) is 3.38. The summed E-state index contributed by atoms with van der Waals surface area (Å²) >= 11 is 1.78. The molecule has 3 rings (SSSR count). The van der Waals surface area contributed by atoms with Gasteiger partial charge in [0.25, 0.3) is 0 Å². The number of hydrogen-bond acceptors (Lipinski definition) is 5. The van der Waals surface area contributed by atoms with Gasteiger partial charge in [0.1, 0.15) is 6.10 Å². The maximum absolute atomic E-state index is 10.6. The van der Waals surface area contributed by atoms with Crippen molar-refractivity contribution in [3.63, 3.8) is 0 Å². The first-order chi connectivity index (χ1) is 11.8. The molecule has 0 spiro atoms. The van der Waals surface area contributed by atoms with E-state index in [0.717, 1.165) is 31.8 Å². The van der Waals surface area contributed by atoms with Crippen LogP contribution in [0.25, 0.3) is 0 Å². The van der Waals surface area contributed by atoms with Crippen molar-refractivity contribution in [2.45, 2.75) is 25.2 Å². The Morgan fingerprint density at radius 2 is 2.28 bits per heavy atom. The molecule has 1 aliphatic rings. The Morgan fingerprint density at radius 1 is 1.56 bits per heavy atom. The normalized spacial score (nSPS) is 16.7. The number of carboxylic acids is 1. The highest BCUT2D eigenvalue weighted by molar-refractivity contribution is 7.09. The van der Waals surface area contributed by atoms with Crippen LogP contribution in [0.5, 0.6) is 0 Å². The summed E-state index contributed by atoms with van der Waals surface area (Å²) in [5.74, 6) is -2.76. The standard InChI is InChI=1S/C13H17N3OS.C2HF3O2/c1-16-9-10-4-5-17-12(13(10)15-16)8-14-7-11-3-2-6-18-11;3-2(4,5)1(6)7/h2-3,6,9,12,14H,4-5,7-8H2,1H3;(H,6,7). The summed E-state index contributed by atoms with van der Waals surface area (Å²) in [7, 11) is 1.97. The highest BCUT2D eigenvalue weighted by atomic mass is 32.1. The molecule has 0 saturated carbocycles. The third kappa shape index (κ3) is 5.83. The largest absolute Gasteiger partial charge is 0.490 e. The SMILES string of the molecule is Cn1cc2c(n1)C(CNCc1cccs1)OCC2.O=C(O)C(F)(F)F. The molecular formula is C15H18F3N3O3S. The van der Waals surface area contributed by atoms with E-state index < -0.39 is 12.1 Å². The molecule has 0 saturated heterocycles. The van der Waals surface area contributed by atoms with Crippen LogP contribution in [0.4, 0.5) is 13.2 Å². The average molecular weight is 377 g/mol. The number of alkyl halides is 3. The molecule has 2 N–H and O–H groups in total. The zero-order chi connectivity index (χ0) is 18.4. The van der Waals surface area contributed by atoms with Crippen molar-refractivity contribution in [2.75, 3.05) is 13.2 Å². The fraction of sp³-hybridized carbons (Fsp3) is 0.467. The van der Waals surface area contributed by atoms with E-state index in [9.17, 15) is 13.2 Å². The van der Waals surface area contributed by atoms with Crippen molar-refractivity contribution < 1.29 is 27.8 Å². The predicted molar refractivity (Wildman–Crippen MR) is 85.3 cm³/mol. The number of carboxylic acid groups (broad SMARTS) is 1. The van der Waals surface area contributed by atoms with Crippen LogP contribution >= 0.6 is 11.3 Å². The first-order valence-electron chi connectivity index (χ1n) is 7.44. The number of ether oxygens (including phenoxy) is 1. The summed E-state index contributed by atoms with van der Waals surface area (Å²) in [5.41, 5.74) is 2.43. The van der Waals surface area contributed by atoms with Crippen molar-refractivity contribution in [2.24, 2.45) is 7.05 Å². The van der Waals surface area contributed by atoms with E-state index in [1.165, 1.54) is 10.4 Å². The summed E-state index contributed by atoms with van der Waals surface area (Å²) in [6, 6.07) is 4.22. The summed E-state index contributed by atoms with van der Waals surface area (Å²) in [5, 5.41) is 17.2. The number of fused-ring (bicyclic) bond motifs is 1. The topological polar surface area (TPSA) is 76.4 Å². The molecule has 0 amide bonds. The number of aromatic nitrogens is 2. The molecule has 138 valence electrons. The highest BCUT2D eigenvalue weighted by Gasteiger charge is 2.38. The maximum Gasteiger partial charge on any atom is 0.490 e. The quantitative estimate of drug-likeness (QED) is 0.856. The van der Waals surface area contributed by atoms with Crippen molar-refractivity contribution in [3.05, 3.63) is 39.8 Å². The highest BCUT2D eigenvalue weighted by Crippen LogP contribution is 2.24. The number of nitrogens with one attached hydrogen (secondary N) is 1. The Labute approximate surface area is 146 Å². The van der Waals surface area contributed by atoms with Gasteiger partial charge in [0.2, 0.25) is 0 Å². The number of thiophene rings is 1. The second-order valence-electron chi connectivity index (χ2n) is 5.34. The minimum atomic E-state index is -5.08. The Morgan fingerprint density at radius 3 is 2.88 bits per heavy atom. The number of aliphatic carboxylic acids is 1. The van der Waals surface area contributed by atoms with Crippen molar-refractivity contribution in [3.8, 4) is 0 Å². The van der Waals surface area contributed by atoms with Gasteiger partial charge in [-0.05, 0) is 23.4 Å². The fourth-order valence-corrected chi connectivity index (χ4v) is 2.98. The number of nitrogens with zero attached hydrogens (tertiary/aromatic N) is 2. The summed E-state index contributed by atoms with van der Waals surface area (Å²) in [4.78, 5) is 10.2. The smallest absolute Gasteiger partial charge is 0.475 e. The van der Waals surface area contributed by atoms with Gasteiger partial charge in [-0.1, -0.05) is 6.07 Å². The van der Waals surface area contributed by atoms with E-state index in [0.29, 0.717) is 0 Å². The van der Waals surface area contributed by atoms with E-state index >= 15 is 0 Å². The Balaban J connectivity index is 0.000000277. The van der Waals surface area contributed by atoms with Gasteiger partial charge in [-0.15, -0.1) is 11.3 Å². The lowest BCUT2D eigenvalue weighted by atomic mass is 10.1. The molecular weight excluding hydrogens is 359 g/mol. The van der Waals surface area contributed by atoms with Crippen molar-refractivity contribution >= 4 is 17.3 Å². The van der Waals surface area contributed by atoms with Crippen LogP contribution in [0.1, 0.15) is 22.2 Å². The molecule has 0 radical (unpaired) electrons. The van der Waals surface area contributed by atoms with E-state index in [4.69, 9.17) is 14.6 Å². The molecule has 0 fully saturated rings. The Kier molecular flexibility index (Phi) is 6.57. The first-order valence-corrected chi connectivity index (χ1v) is 8.32. The van der Waals surface area contributed by atoms with Gasteiger partial charge < -0.3 is 15.2 Å². The molecule has 0 bridgehead atoms. The number of rotatable bonds is 4. The Hall–Kier alpha value is -1.91. The monoisotopic (exact) mass is 377 g/mol. The second kappa shape index (κ2) is 8.45. The number of aryl methyl sites for hydroxylation is 1. The van der Waals surface area contributed by atoms with Crippen LogP contribution in [-0.4, -0.2) is 40.2 Å². The van der Waals surface area contributed by atoms with Crippen LogP contribution < -0.4 is 5.32 Å². The molecule has 25 heavy (non-hydrogen) atoms. The van der Waals surface area contributed by atoms with Gasteiger partial charge in [-0.3, -0.25) is 4.68 Å². The molecule has 6 nitrogen and oxygen atoms in total. The molecule has 3 heterocycles. The zero-order valence-electron chi connectivity index (χ0n) is 13.4. The van der Waals surface area contributed by atoms with Gasteiger partial charge in [0.05, 0.1) is 12.3 Å². The molecule has 1 aliphatic heterocycles. The number of hydrogen-bond donors (Lipinski definition) is 2. The van der Waals surface area contributed by atoms with E-state index in [1.54, 1.807) is 11.3 Å². The van der Waals surface area contributed by atoms with Gasteiger partial charge >= 0.3 is 12.1 Å². The lowest BCUT2D eigenvalue weighted by Crippen LogP contribution is -2.27. The first kappa shape index (κ1) is 19.4. The second-order valence-corrected chi connectivity index (χ2v) is 6.37. The van der Waals surface area contributed by atoms with Gasteiger partial charge in [0.15, 0.2) is 0 Å². The molecule has 2 aromatic rings. The molecule has 1 atom stereocenters. The summed E-state index contributed by atoms with van der Waals surface area (Å²) in [6.07, 6.45) is -1.91. The molecule has 0 aliphatic carbocycles. The summed E-state index contributed by atoms with van der Waals surface area (Å²) < 4.78 is 39.4. The Bertz CT molecular complexity index is 686. The minimum absolute atomic E-state index is 0.0925. The fourth-order valence-electron chi connectivity index (χ4n) is 2.30. The van der Waals surface area contributed by atoms with E-state index in [2.05, 4.69) is 34.1 Å². The molecule has 1 unspecified atom stereocenters. The lowest BCUT2D eigenvalue weighted by Gasteiger charge is -2.22. The zero-order valence-corrected chi connectivity index (χ0v) is 14.2. The number of halogens is 3.